The van der Waals surface area contributed by atoms with Crippen molar-refractivity contribution in [2.75, 3.05) is 6.54 Å². The number of sulfonamides is 1. The predicted octanol–water partition coefficient (Wildman–Crippen LogP) is 3.69. The number of fused-ring (bicyclic) bond motifs is 1. The van der Waals surface area contributed by atoms with Gasteiger partial charge in [-0.1, -0.05) is 26.0 Å². The highest BCUT2D eigenvalue weighted by atomic mass is 32.2. The van der Waals surface area contributed by atoms with Crippen LogP contribution in [0.15, 0.2) is 41.4 Å². The minimum atomic E-state index is -4.34. The number of pyridine rings is 1. The summed E-state index contributed by atoms with van der Waals surface area (Å²) in [6.07, 6.45) is 2.15. The largest absolute Gasteiger partial charge is 0.480 e. The van der Waals surface area contributed by atoms with E-state index in [4.69, 9.17) is 4.74 Å². The summed E-state index contributed by atoms with van der Waals surface area (Å²) in [5.74, 6) is -1.51. The first-order valence-electron chi connectivity index (χ1n) is 12.0. The molecule has 1 aromatic carbocycles. The summed E-state index contributed by atoms with van der Waals surface area (Å²) in [6.45, 7) is 9.70. The second-order valence-electron chi connectivity index (χ2n) is 10.4. The van der Waals surface area contributed by atoms with Gasteiger partial charge < -0.3 is 14.8 Å². The number of aliphatic carboxylic acids is 1. The van der Waals surface area contributed by atoms with Gasteiger partial charge in [-0.15, -0.1) is 0 Å². The molecule has 0 bridgehead atoms. The second kappa shape index (κ2) is 11.0. The number of hydrogen-bond donors (Lipinski definition) is 2. The Morgan fingerprint density at radius 3 is 2.35 bits per heavy atom. The van der Waals surface area contributed by atoms with Gasteiger partial charge in [-0.05, 0) is 63.8 Å². The van der Waals surface area contributed by atoms with Gasteiger partial charge >= 0.3 is 11.9 Å². The molecule has 3 rings (SSSR count). The van der Waals surface area contributed by atoms with E-state index in [-0.39, 0.29) is 17.2 Å². The fraction of sp³-hybridized carbons (Fsp3) is 0.462. The Bertz CT molecular complexity index is 1370. The molecule has 3 aromatic rings. The maximum Gasteiger partial charge on any atom is 0.322 e. The van der Waals surface area contributed by atoms with E-state index in [9.17, 15) is 23.1 Å². The number of carboxylic acids is 1. The fourth-order valence-corrected chi connectivity index (χ4v) is 5.54. The summed E-state index contributed by atoms with van der Waals surface area (Å²) in [5, 5.41) is 9.87. The molecule has 200 valence electrons. The van der Waals surface area contributed by atoms with Crippen LogP contribution in [0.4, 0.5) is 0 Å². The van der Waals surface area contributed by atoms with Gasteiger partial charge in [0.2, 0.25) is 10.0 Å². The van der Waals surface area contributed by atoms with Crippen LogP contribution in [0.3, 0.4) is 0 Å². The van der Waals surface area contributed by atoms with Crippen LogP contribution in [-0.2, 0) is 30.8 Å². The van der Waals surface area contributed by atoms with Gasteiger partial charge in [-0.2, -0.15) is 4.31 Å². The van der Waals surface area contributed by atoms with Crippen molar-refractivity contribution in [2.24, 2.45) is 5.92 Å². The molecule has 0 amide bonds. The normalized spacial score (nSPS) is 13.3. The third-order valence-electron chi connectivity index (χ3n) is 5.53. The smallest absolute Gasteiger partial charge is 0.322 e. The van der Waals surface area contributed by atoms with E-state index in [0.717, 1.165) is 32.4 Å². The lowest BCUT2D eigenvalue weighted by Gasteiger charge is -2.30. The van der Waals surface area contributed by atoms with E-state index in [0.29, 0.717) is 6.42 Å². The topological polar surface area (TPSA) is 143 Å². The van der Waals surface area contributed by atoms with Crippen molar-refractivity contribution in [3.63, 3.8) is 0 Å². The van der Waals surface area contributed by atoms with E-state index in [1.54, 1.807) is 52.9 Å². The van der Waals surface area contributed by atoms with Crippen LogP contribution >= 0.6 is 0 Å². The van der Waals surface area contributed by atoms with Gasteiger partial charge in [0, 0.05) is 12.6 Å². The lowest BCUT2D eigenvalue weighted by atomic mass is 10.0. The third kappa shape index (κ3) is 7.14. The van der Waals surface area contributed by atoms with Gasteiger partial charge in [-0.3, -0.25) is 14.6 Å². The van der Waals surface area contributed by atoms with Crippen molar-refractivity contribution in [1.82, 2.24) is 19.3 Å². The minimum Gasteiger partial charge on any atom is -0.480 e. The van der Waals surface area contributed by atoms with E-state index < -0.39 is 40.1 Å². The predicted molar refractivity (Wildman–Crippen MR) is 138 cm³/mol. The number of aryl methyl sites for hydroxylation is 1. The highest BCUT2D eigenvalue weighted by Crippen LogP contribution is 2.25. The number of nitrogens with zero attached hydrogens (tertiary/aromatic N) is 3. The molecule has 11 heteroatoms. The van der Waals surface area contributed by atoms with Gasteiger partial charge in [0.15, 0.2) is 0 Å². The van der Waals surface area contributed by atoms with Crippen molar-refractivity contribution < 1.29 is 27.9 Å². The summed E-state index contributed by atoms with van der Waals surface area (Å²) in [7, 11) is -4.34. The number of benzene rings is 1. The van der Waals surface area contributed by atoms with Crippen LogP contribution in [0.1, 0.15) is 58.1 Å². The van der Waals surface area contributed by atoms with Crippen molar-refractivity contribution in [2.45, 2.75) is 70.9 Å². The maximum atomic E-state index is 13.6. The monoisotopic (exact) mass is 530 g/mol. The van der Waals surface area contributed by atoms with Gasteiger partial charge in [-0.25, -0.2) is 13.4 Å². The Kier molecular flexibility index (Phi) is 8.38. The number of imidazole rings is 1. The first kappa shape index (κ1) is 28.3. The van der Waals surface area contributed by atoms with E-state index >= 15 is 0 Å². The van der Waals surface area contributed by atoms with Gasteiger partial charge in [0.25, 0.3) is 0 Å². The SMILES string of the molecule is Cc1nc2c(Cc3ccc(S(=O)(=O)N(CC(=O)OC(C)(C)C)[C@@H](CC(C)C)C(=O)O)cc3)nccc2[nH]1. The van der Waals surface area contributed by atoms with Crippen molar-refractivity contribution in [3.05, 3.63) is 53.6 Å². The van der Waals surface area contributed by atoms with E-state index in [1.807, 2.05) is 13.0 Å². The van der Waals surface area contributed by atoms with Crippen molar-refractivity contribution >= 4 is 33.0 Å². The molecule has 1 atom stereocenters. The molecule has 0 spiro atoms. The standard InChI is InChI=1S/C26H34N4O6S/c1-16(2)13-22(25(32)33)30(15-23(31)36-26(4,5)6)37(34,35)19-9-7-18(8-10-19)14-21-24-20(11-12-27-21)28-17(3)29-24/h7-12,16,22H,13-15H2,1-6H3,(H,28,29)(H,32,33)/t22-/m0/s1. The first-order valence-corrected chi connectivity index (χ1v) is 13.5. The molecule has 2 heterocycles. The number of nitrogens with one attached hydrogen (secondary N) is 1. The van der Waals surface area contributed by atoms with Crippen LogP contribution in [0.25, 0.3) is 11.0 Å². The second-order valence-corrected chi connectivity index (χ2v) is 12.3. The Labute approximate surface area is 217 Å². The third-order valence-corrected chi connectivity index (χ3v) is 7.40. The van der Waals surface area contributed by atoms with Crippen LogP contribution in [0.5, 0.6) is 0 Å². The molecule has 2 N–H and O–H groups in total. The molecule has 0 aliphatic heterocycles. The van der Waals surface area contributed by atoms with Gasteiger partial charge in [0.1, 0.15) is 29.5 Å². The van der Waals surface area contributed by atoms with Crippen LogP contribution in [-0.4, -0.2) is 62.9 Å². The molecule has 0 radical (unpaired) electrons. The molecule has 0 aliphatic rings. The number of hydrogen-bond acceptors (Lipinski definition) is 7. The molecular formula is C26H34N4O6S. The number of aromatic amines is 1. The Balaban J connectivity index is 1.93. The lowest BCUT2D eigenvalue weighted by Crippen LogP contribution is -2.49. The summed E-state index contributed by atoms with van der Waals surface area (Å²) < 4.78 is 33.3. The van der Waals surface area contributed by atoms with E-state index in [2.05, 4.69) is 15.0 Å². The van der Waals surface area contributed by atoms with E-state index in [1.165, 1.54) is 12.1 Å². The number of rotatable bonds is 10. The molecule has 2 aromatic heterocycles. The summed E-state index contributed by atoms with van der Waals surface area (Å²) in [4.78, 5) is 36.7. The number of carbonyl (C=O) groups is 2. The number of ether oxygens (including phenoxy) is 1. The average Bonchev–Trinajstić information content (AvgIpc) is 3.16. The first-order chi connectivity index (χ1) is 17.2. The molecule has 0 saturated heterocycles. The highest BCUT2D eigenvalue weighted by molar-refractivity contribution is 7.89. The zero-order valence-corrected chi connectivity index (χ0v) is 22.8. The molecule has 0 aliphatic carbocycles. The average molecular weight is 531 g/mol. The van der Waals surface area contributed by atoms with Crippen LogP contribution in [0.2, 0.25) is 0 Å². The number of carboxylic acid groups (broad SMARTS) is 1. The summed E-state index contributed by atoms with van der Waals surface area (Å²) in [5.41, 5.74) is 2.30. The zero-order valence-electron chi connectivity index (χ0n) is 22.0. The van der Waals surface area contributed by atoms with Crippen LogP contribution in [0, 0.1) is 12.8 Å². The molecule has 37 heavy (non-hydrogen) atoms. The quantitative estimate of drug-likeness (QED) is 0.378. The summed E-state index contributed by atoms with van der Waals surface area (Å²) >= 11 is 0. The molecule has 0 saturated carbocycles. The van der Waals surface area contributed by atoms with Crippen molar-refractivity contribution in [1.29, 1.82) is 0 Å². The molecule has 0 fully saturated rings. The molecule has 10 nitrogen and oxygen atoms in total. The Morgan fingerprint density at radius 1 is 1.14 bits per heavy atom. The maximum absolute atomic E-state index is 13.6. The molecular weight excluding hydrogens is 496 g/mol. The van der Waals surface area contributed by atoms with Crippen LogP contribution < -0.4 is 0 Å². The number of esters is 1. The highest BCUT2D eigenvalue weighted by Gasteiger charge is 2.38. The van der Waals surface area contributed by atoms with Crippen molar-refractivity contribution in [3.8, 4) is 0 Å². The fourth-order valence-electron chi connectivity index (χ4n) is 4.00. The van der Waals surface area contributed by atoms with Gasteiger partial charge in [0.05, 0.1) is 16.1 Å². The minimum absolute atomic E-state index is 0.0359. The Hall–Kier alpha value is -3.31. The zero-order chi connectivity index (χ0) is 27.5. The number of aromatic nitrogens is 3. The number of H-pyrrole nitrogens is 1. The summed E-state index contributed by atoms with van der Waals surface area (Å²) in [6, 6.07) is 6.53. The number of carbonyl (C=O) groups excluding carboxylic acids is 1. The Morgan fingerprint density at radius 2 is 1.78 bits per heavy atom. The molecule has 0 unspecified atom stereocenters. The lowest BCUT2D eigenvalue weighted by molar-refractivity contribution is -0.156.